The van der Waals surface area contributed by atoms with E-state index in [1.54, 1.807) is 6.92 Å². The van der Waals surface area contributed by atoms with Gasteiger partial charge in [0.25, 0.3) is 0 Å². The summed E-state index contributed by atoms with van der Waals surface area (Å²) in [4.78, 5) is 9.82. The van der Waals surface area contributed by atoms with Crippen LogP contribution in [0.15, 0.2) is 12.2 Å². The third-order valence-corrected chi connectivity index (χ3v) is 0.786. The minimum Gasteiger partial charge on any atom is -0.396 e. The molecule has 0 fully saturated rings. The molecule has 0 unspecified atom stereocenters. The Hall–Kier alpha value is -0.830. The highest BCUT2D eigenvalue weighted by Gasteiger charge is 1.86. The molecular weight excluding hydrogens is 142 g/mol. The van der Waals surface area contributed by atoms with Crippen molar-refractivity contribution in [3.8, 4) is 0 Å². The van der Waals surface area contributed by atoms with Gasteiger partial charge in [-0.1, -0.05) is 20.4 Å². The van der Waals surface area contributed by atoms with Gasteiger partial charge < -0.3 is 10.8 Å². The fraction of sp³-hybridized carbons (Fsp3) is 0.625. The molecule has 3 nitrogen and oxygen atoms in total. The van der Waals surface area contributed by atoms with Crippen LogP contribution in [0.4, 0.5) is 0 Å². The summed E-state index contributed by atoms with van der Waals surface area (Å²) in [6.07, 6.45) is 0. The van der Waals surface area contributed by atoms with E-state index in [1.165, 1.54) is 0 Å². The number of rotatable bonds is 2. The molecular formula is C8H17NO2. The molecule has 1 amide bonds. The van der Waals surface area contributed by atoms with Gasteiger partial charge in [0.2, 0.25) is 5.91 Å². The zero-order valence-corrected chi connectivity index (χ0v) is 7.42. The van der Waals surface area contributed by atoms with Crippen molar-refractivity contribution in [3.05, 3.63) is 12.2 Å². The number of aliphatic hydroxyl groups is 1. The monoisotopic (exact) mass is 159 g/mol. The second-order valence-electron chi connectivity index (χ2n) is 2.72. The molecule has 0 spiro atoms. The van der Waals surface area contributed by atoms with Crippen LogP contribution < -0.4 is 5.73 Å². The minimum absolute atomic E-state index is 0.306. The van der Waals surface area contributed by atoms with E-state index >= 15 is 0 Å². The molecule has 0 atom stereocenters. The highest BCUT2D eigenvalue weighted by Crippen LogP contribution is 1.83. The third-order valence-electron chi connectivity index (χ3n) is 0.786. The highest BCUT2D eigenvalue weighted by molar-refractivity contribution is 5.90. The van der Waals surface area contributed by atoms with E-state index in [9.17, 15) is 4.79 Å². The average molecular weight is 159 g/mol. The van der Waals surface area contributed by atoms with Crippen molar-refractivity contribution in [2.24, 2.45) is 11.7 Å². The van der Waals surface area contributed by atoms with Crippen molar-refractivity contribution in [2.45, 2.75) is 20.8 Å². The van der Waals surface area contributed by atoms with Crippen LogP contribution in [-0.2, 0) is 4.79 Å². The number of hydrogen-bond acceptors (Lipinski definition) is 2. The third kappa shape index (κ3) is 17.6. The second kappa shape index (κ2) is 7.28. The van der Waals surface area contributed by atoms with Crippen LogP contribution in [0, 0.1) is 5.92 Å². The molecule has 0 bridgehead atoms. The summed E-state index contributed by atoms with van der Waals surface area (Å²) in [5, 5.41) is 8.14. The molecule has 66 valence electrons. The summed E-state index contributed by atoms with van der Waals surface area (Å²) < 4.78 is 0. The van der Waals surface area contributed by atoms with Gasteiger partial charge in [-0.2, -0.15) is 0 Å². The fourth-order valence-corrected chi connectivity index (χ4v) is 0. The lowest BCUT2D eigenvalue weighted by Gasteiger charge is -1.90. The largest absolute Gasteiger partial charge is 0.396 e. The summed E-state index contributed by atoms with van der Waals surface area (Å²) in [7, 11) is 0. The first-order valence-corrected chi connectivity index (χ1v) is 3.48. The van der Waals surface area contributed by atoms with Crippen LogP contribution in [0.25, 0.3) is 0 Å². The zero-order chi connectivity index (χ0) is 9.44. The Bertz CT molecular complexity index is 118. The maximum atomic E-state index is 9.82. The van der Waals surface area contributed by atoms with E-state index < -0.39 is 5.91 Å². The van der Waals surface area contributed by atoms with E-state index in [-0.39, 0.29) is 0 Å². The van der Waals surface area contributed by atoms with E-state index in [0.717, 1.165) is 0 Å². The van der Waals surface area contributed by atoms with Gasteiger partial charge in [0.15, 0.2) is 0 Å². The molecule has 0 rings (SSSR count). The van der Waals surface area contributed by atoms with Crippen molar-refractivity contribution in [1.29, 1.82) is 0 Å². The van der Waals surface area contributed by atoms with Crippen molar-refractivity contribution in [2.75, 3.05) is 6.61 Å². The first-order valence-electron chi connectivity index (χ1n) is 3.48. The molecule has 0 saturated carbocycles. The van der Waals surface area contributed by atoms with Crippen molar-refractivity contribution >= 4 is 5.91 Å². The molecule has 0 aromatic carbocycles. The Balaban J connectivity index is 0. The molecule has 0 saturated heterocycles. The van der Waals surface area contributed by atoms with Crippen LogP contribution in [0.3, 0.4) is 0 Å². The SMILES string of the molecule is C=C(C)C(N)=O.CC(C)CO. The van der Waals surface area contributed by atoms with Crippen molar-refractivity contribution in [1.82, 2.24) is 0 Å². The lowest BCUT2D eigenvalue weighted by Crippen LogP contribution is -2.10. The molecule has 11 heavy (non-hydrogen) atoms. The van der Waals surface area contributed by atoms with E-state index in [0.29, 0.717) is 18.1 Å². The molecule has 3 heteroatoms. The summed E-state index contributed by atoms with van der Waals surface area (Å²) in [5.41, 5.74) is 5.09. The van der Waals surface area contributed by atoms with Crippen LogP contribution in [0.2, 0.25) is 0 Å². The Morgan fingerprint density at radius 3 is 1.82 bits per heavy atom. The Labute approximate surface area is 67.9 Å². The number of primary amides is 1. The van der Waals surface area contributed by atoms with Gasteiger partial charge in [-0.15, -0.1) is 0 Å². The second-order valence-corrected chi connectivity index (χ2v) is 2.72. The molecule has 0 aliphatic rings. The predicted molar refractivity (Wildman–Crippen MR) is 45.9 cm³/mol. The first kappa shape index (κ1) is 12.8. The van der Waals surface area contributed by atoms with Crippen molar-refractivity contribution < 1.29 is 9.90 Å². The maximum Gasteiger partial charge on any atom is 0.243 e. The maximum absolute atomic E-state index is 9.82. The van der Waals surface area contributed by atoms with Gasteiger partial charge in [-0.05, 0) is 12.8 Å². The summed E-state index contributed by atoms with van der Waals surface area (Å²) in [6, 6.07) is 0. The topological polar surface area (TPSA) is 63.3 Å². The molecule has 0 aromatic rings. The molecule has 3 N–H and O–H groups in total. The lowest BCUT2D eigenvalue weighted by molar-refractivity contribution is -0.114. The van der Waals surface area contributed by atoms with Crippen LogP contribution in [0.1, 0.15) is 20.8 Å². The lowest BCUT2D eigenvalue weighted by atomic mass is 10.2. The molecule has 0 aliphatic heterocycles. The predicted octanol–water partition coefficient (Wildman–Crippen LogP) is 0.682. The van der Waals surface area contributed by atoms with Gasteiger partial charge in [0, 0.05) is 12.2 Å². The van der Waals surface area contributed by atoms with Crippen LogP contribution >= 0.6 is 0 Å². The average Bonchev–Trinajstić information content (AvgIpc) is 1.89. The van der Waals surface area contributed by atoms with Crippen molar-refractivity contribution in [3.63, 3.8) is 0 Å². The molecule has 0 aliphatic carbocycles. The Morgan fingerprint density at radius 1 is 1.64 bits per heavy atom. The number of nitrogens with two attached hydrogens (primary N) is 1. The fourth-order valence-electron chi connectivity index (χ4n) is 0. The summed E-state index contributed by atoms with van der Waals surface area (Å²) >= 11 is 0. The highest BCUT2D eigenvalue weighted by atomic mass is 16.3. The Morgan fingerprint density at radius 2 is 1.82 bits per heavy atom. The van der Waals surface area contributed by atoms with Gasteiger partial charge >= 0.3 is 0 Å². The number of amides is 1. The quantitative estimate of drug-likeness (QED) is 0.582. The van der Waals surface area contributed by atoms with Gasteiger partial charge in [0.05, 0.1) is 0 Å². The number of carbonyl (C=O) groups excluding carboxylic acids is 1. The van der Waals surface area contributed by atoms with Gasteiger partial charge in [-0.25, -0.2) is 0 Å². The molecule has 0 heterocycles. The number of carbonyl (C=O) groups is 1. The molecule has 0 radical (unpaired) electrons. The first-order chi connectivity index (χ1) is 4.91. The van der Waals surface area contributed by atoms with Crippen LogP contribution in [0.5, 0.6) is 0 Å². The molecule has 0 aromatic heterocycles. The number of aliphatic hydroxyl groups excluding tert-OH is 1. The minimum atomic E-state index is -0.435. The van der Waals surface area contributed by atoms with E-state index in [4.69, 9.17) is 10.8 Å². The Kier molecular flexibility index (Phi) is 8.48. The summed E-state index contributed by atoms with van der Waals surface area (Å²) in [6.45, 7) is 9.10. The van der Waals surface area contributed by atoms with Crippen LogP contribution in [-0.4, -0.2) is 17.6 Å². The smallest absolute Gasteiger partial charge is 0.243 e. The van der Waals surface area contributed by atoms with Gasteiger partial charge in [0.1, 0.15) is 0 Å². The zero-order valence-electron chi connectivity index (χ0n) is 7.42. The van der Waals surface area contributed by atoms with E-state index in [2.05, 4.69) is 6.58 Å². The number of hydrogen-bond donors (Lipinski definition) is 2. The normalized spacial score (nSPS) is 8.45. The summed E-state index contributed by atoms with van der Waals surface area (Å²) in [5.74, 6) is 0.00463. The van der Waals surface area contributed by atoms with Gasteiger partial charge in [-0.3, -0.25) is 4.79 Å². The standard InChI is InChI=1S/C4H7NO.C4H10O/c1-3(2)4(5)6;1-4(2)3-5/h1H2,2H3,(H2,5,6);4-5H,3H2,1-2H3. The van der Waals surface area contributed by atoms with E-state index in [1.807, 2.05) is 13.8 Å².